The van der Waals surface area contributed by atoms with E-state index in [1.807, 2.05) is 36.2 Å². The first kappa shape index (κ1) is 19.2. The molecule has 1 aromatic carbocycles. The van der Waals surface area contributed by atoms with E-state index in [1.165, 1.54) is 5.56 Å². The molecular formula is C19H29N3O3. The molecule has 2 amide bonds. The predicted molar refractivity (Wildman–Crippen MR) is 97.7 cm³/mol. The average molecular weight is 347 g/mol. The van der Waals surface area contributed by atoms with Crippen LogP contribution in [0.15, 0.2) is 24.3 Å². The maximum atomic E-state index is 12.7. The van der Waals surface area contributed by atoms with E-state index in [2.05, 4.69) is 10.6 Å². The molecule has 0 aliphatic carbocycles. The Hall–Kier alpha value is -2.08. The number of nitrogens with one attached hydrogen (secondary N) is 2. The SMILES string of the molecule is CNCc1ccc(C(=O)N2CCC[C@@H](CCCCNC(=O)O)C2)cc1. The van der Waals surface area contributed by atoms with Crippen molar-refractivity contribution in [1.82, 2.24) is 15.5 Å². The highest BCUT2D eigenvalue weighted by atomic mass is 16.4. The number of nitrogens with zero attached hydrogens (tertiary/aromatic N) is 1. The van der Waals surface area contributed by atoms with Gasteiger partial charge in [-0.25, -0.2) is 4.79 Å². The summed E-state index contributed by atoms with van der Waals surface area (Å²) in [6.45, 7) is 2.94. The third kappa shape index (κ3) is 6.38. The summed E-state index contributed by atoms with van der Waals surface area (Å²) in [5.74, 6) is 0.638. The van der Waals surface area contributed by atoms with Gasteiger partial charge >= 0.3 is 6.09 Å². The van der Waals surface area contributed by atoms with Crippen molar-refractivity contribution in [2.45, 2.75) is 38.6 Å². The van der Waals surface area contributed by atoms with E-state index in [-0.39, 0.29) is 5.91 Å². The first-order chi connectivity index (χ1) is 12.1. The van der Waals surface area contributed by atoms with Crippen molar-refractivity contribution in [1.29, 1.82) is 0 Å². The van der Waals surface area contributed by atoms with Crippen LogP contribution in [0.2, 0.25) is 0 Å². The van der Waals surface area contributed by atoms with Crippen LogP contribution in [0.1, 0.15) is 48.0 Å². The van der Waals surface area contributed by atoms with Gasteiger partial charge in [-0.1, -0.05) is 18.6 Å². The van der Waals surface area contributed by atoms with Crippen molar-refractivity contribution >= 4 is 12.0 Å². The van der Waals surface area contributed by atoms with E-state index >= 15 is 0 Å². The number of carbonyl (C=O) groups excluding carboxylic acids is 1. The molecule has 1 heterocycles. The Labute approximate surface area is 149 Å². The van der Waals surface area contributed by atoms with E-state index in [9.17, 15) is 9.59 Å². The molecule has 6 nitrogen and oxygen atoms in total. The Morgan fingerprint density at radius 2 is 2.00 bits per heavy atom. The summed E-state index contributed by atoms with van der Waals surface area (Å²) in [6.07, 6.45) is 4.12. The van der Waals surface area contributed by atoms with Gasteiger partial charge in [0.15, 0.2) is 0 Å². The average Bonchev–Trinajstić information content (AvgIpc) is 2.62. The van der Waals surface area contributed by atoms with Crippen LogP contribution >= 0.6 is 0 Å². The molecule has 1 saturated heterocycles. The molecule has 3 N–H and O–H groups in total. The van der Waals surface area contributed by atoms with Gasteiger partial charge in [0.1, 0.15) is 0 Å². The van der Waals surface area contributed by atoms with E-state index in [4.69, 9.17) is 5.11 Å². The summed E-state index contributed by atoms with van der Waals surface area (Å²) >= 11 is 0. The Kier molecular flexibility index (Phi) is 7.73. The van der Waals surface area contributed by atoms with Crippen molar-refractivity contribution in [3.63, 3.8) is 0 Å². The molecule has 138 valence electrons. The number of piperidine rings is 1. The zero-order valence-electron chi connectivity index (χ0n) is 15.0. The number of likely N-dealkylation sites (tertiary alicyclic amines) is 1. The minimum atomic E-state index is -0.963. The minimum Gasteiger partial charge on any atom is -0.465 e. The molecule has 0 radical (unpaired) electrons. The van der Waals surface area contributed by atoms with Gasteiger partial charge in [0.25, 0.3) is 5.91 Å². The maximum absolute atomic E-state index is 12.7. The van der Waals surface area contributed by atoms with Crippen molar-refractivity contribution in [3.05, 3.63) is 35.4 Å². The molecule has 0 aromatic heterocycles. The molecule has 0 bridgehead atoms. The van der Waals surface area contributed by atoms with Crippen LogP contribution in [-0.4, -0.2) is 48.7 Å². The summed E-state index contributed by atoms with van der Waals surface area (Å²) in [7, 11) is 1.91. The van der Waals surface area contributed by atoms with Crippen molar-refractivity contribution in [2.24, 2.45) is 5.92 Å². The number of unbranched alkanes of at least 4 members (excludes halogenated alkanes) is 1. The third-order valence-electron chi connectivity index (χ3n) is 4.70. The van der Waals surface area contributed by atoms with Crippen LogP contribution in [0.4, 0.5) is 4.79 Å². The zero-order chi connectivity index (χ0) is 18.1. The highest BCUT2D eigenvalue weighted by Gasteiger charge is 2.24. The molecule has 1 aliphatic rings. The summed E-state index contributed by atoms with van der Waals surface area (Å²) in [4.78, 5) is 25.1. The van der Waals surface area contributed by atoms with Gasteiger partial charge in [0.05, 0.1) is 0 Å². The molecular weight excluding hydrogens is 318 g/mol. The molecule has 0 unspecified atom stereocenters. The number of carbonyl (C=O) groups is 2. The Morgan fingerprint density at radius 3 is 2.68 bits per heavy atom. The third-order valence-corrected chi connectivity index (χ3v) is 4.70. The van der Waals surface area contributed by atoms with Gasteiger partial charge in [-0.2, -0.15) is 0 Å². The second-order valence-electron chi connectivity index (χ2n) is 6.71. The molecule has 1 aliphatic heterocycles. The van der Waals surface area contributed by atoms with Crippen molar-refractivity contribution in [2.75, 3.05) is 26.7 Å². The highest BCUT2D eigenvalue weighted by molar-refractivity contribution is 5.94. The zero-order valence-corrected chi connectivity index (χ0v) is 15.0. The Balaban J connectivity index is 1.79. The second-order valence-corrected chi connectivity index (χ2v) is 6.71. The quantitative estimate of drug-likeness (QED) is 0.632. The van der Waals surface area contributed by atoms with Gasteiger partial charge in [-0.05, 0) is 56.3 Å². The van der Waals surface area contributed by atoms with Gasteiger partial charge in [0.2, 0.25) is 0 Å². The second kappa shape index (κ2) is 10.0. The summed E-state index contributed by atoms with van der Waals surface area (Å²) in [5.41, 5.74) is 1.93. The topological polar surface area (TPSA) is 81.7 Å². The lowest BCUT2D eigenvalue weighted by Gasteiger charge is -2.33. The monoisotopic (exact) mass is 347 g/mol. The van der Waals surface area contributed by atoms with Crippen LogP contribution < -0.4 is 10.6 Å². The lowest BCUT2D eigenvalue weighted by atomic mass is 9.92. The van der Waals surface area contributed by atoms with E-state index in [0.29, 0.717) is 12.5 Å². The fraction of sp³-hybridized carbons (Fsp3) is 0.579. The lowest BCUT2D eigenvalue weighted by Crippen LogP contribution is -2.40. The van der Waals surface area contributed by atoms with Crippen LogP contribution in [0.3, 0.4) is 0 Å². The van der Waals surface area contributed by atoms with Gasteiger partial charge < -0.3 is 20.6 Å². The number of benzene rings is 1. The van der Waals surface area contributed by atoms with Gasteiger partial charge in [-0.15, -0.1) is 0 Å². The number of carboxylic acid groups (broad SMARTS) is 1. The Bertz CT molecular complexity index is 560. The van der Waals surface area contributed by atoms with Gasteiger partial charge in [0, 0.05) is 31.7 Å². The summed E-state index contributed by atoms with van der Waals surface area (Å²) in [6, 6.07) is 7.83. The molecule has 0 spiro atoms. The van der Waals surface area contributed by atoms with Crippen LogP contribution in [0.5, 0.6) is 0 Å². The normalized spacial score (nSPS) is 17.3. The largest absolute Gasteiger partial charge is 0.465 e. The minimum absolute atomic E-state index is 0.119. The molecule has 2 rings (SSSR count). The first-order valence-electron chi connectivity index (χ1n) is 9.09. The smallest absolute Gasteiger partial charge is 0.404 e. The van der Waals surface area contributed by atoms with E-state index in [0.717, 1.165) is 57.3 Å². The highest BCUT2D eigenvalue weighted by Crippen LogP contribution is 2.23. The molecule has 6 heteroatoms. The maximum Gasteiger partial charge on any atom is 0.404 e. The molecule has 0 saturated carbocycles. The Morgan fingerprint density at radius 1 is 1.24 bits per heavy atom. The van der Waals surface area contributed by atoms with E-state index < -0.39 is 6.09 Å². The van der Waals surface area contributed by atoms with Gasteiger partial charge in [-0.3, -0.25) is 4.79 Å². The standard InChI is InChI=1S/C19H29N3O3/c1-20-13-15-7-9-17(10-8-15)18(23)22-12-4-6-16(14-22)5-2-3-11-21-19(24)25/h7-10,16,20-21H,2-6,11-14H2,1H3,(H,24,25)/t16-/m1/s1. The van der Waals surface area contributed by atoms with E-state index in [1.54, 1.807) is 0 Å². The number of amides is 2. The van der Waals surface area contributed by atoms with Crippen LogP contribution in [-0.2, 0) is 6.54 Å². The lowest BCUT2D eigenvalue weighted by molar-refractivity contribution is 0.0666. The summed E-state index contributed by atoms with van der Waals surface area (Å²) < 4.78 is 0. The predicted octanol–water partition coefficient (Wildman–Crippen LogP) is 2.70. The van der Waals surface area contributed by atoms with Crippen LogP contribution in [0.25, 0.3) is 0 Å². The molecule has 25 heavy (non-hydrogen) atoms. The van der Waals surface area contributed by atoms with Crippen LogP contribution in [0, 0.1) is 5.92 Å². The fourth-order valence-electron chi connectivity index (χ4n) is 3.39. The first-order valence-corrected chi connectivity index (χ1v) is 9.09. The van der Waals surface area contributed by atoms with Crippen molar-refractivity contribution in [3.8, 4) is 0 Å². The van der Waals surface area contributed by atoms with Crippen molar-refractivity contribution < 1.29 is 14.7 Å². The summed E-state index contributed by atoms with van der Waals surface area (Å²) in [5, 5.41) is 14.1. The molecule has 1 fully saturated rings. The number of rotatable bonds is 8. The molecule has 1 aromatic rings. The molecule has 1 atom stereocenters. The fourth-order valence-corrected chi connectivity index (χ4v) is 3.39. The number of hydrogen-bond acceptors (Lipinski definition) is 3. The number of hydrogen-bond donors (Lipinski definition) is 3.